The molecule has 0 amide bonds. The molecule has 1 aliphatic heterocycles. The number of hydrogen-bond donors (Lipinski definition) is 1. The van der Waals surface area contributed by atoms with Crippen molar-refractivity contribution in [1.82, 2.24) is 10.2 Å². The number of rotatable bonds is 3. The SMILES string of the molecule is CC[C@@H](C(=O)OC)N1CCNCC1. The van der Waals surface area contributed by atoms with Crippen molar-refractivity contribution in [2.24, 2.45) is 0 Å². The Kier molecular flexibility index (Phi) is 4.18. The van der Waals surface area contributed by atoms with Crippen molar-refractivity contribution in [1.29, 1.82) is 0 Å². The standard InChI is InChI=1S/C9H18N2O2/c1-3-8(9(12)13-2)11-6-4-10-5-7-11/h8,10H,3-7H2,1-2H3/t8-/m0/s1. The van der Waals surface area contributed by atoms with Gasteiger partial charge >= 0.3 is 5.97 Å². The molecule has 4 heteroatoms. The lowest BCUT2D eigenvalue weighted by atomic mass is 10.1. The Morgan fingerprint density at radius 3 is 2.62 bits per heavy atom. The van der Waals surface area contributed by atoms with E-state index in [1.54, 1.807) is 0 Å². The number of piperazine rings is 1. The maximum absolute atomic E-state index is 11.4. The number of esters is 1. The summed E-state index contributed by atoms with van der Waals surface area (Å²) < 4.78 is 4.76. The van der Waals surface area contributed by atoms with Crippen LogP contribution >= 0.6 is 0 Å². The topological polar surface area (TPSA) is 41.6 Å². The summed E-state index contributed by atoms with van der Waals surface area (Å²) in [5.41, 5.74) is 0. The highest BCUT2D eigenvalue weighted by Crippen LogP contribution is 2.06. The molecule has 1 aliphatic rings. The molecule has 0 radical (unpaired) electrons. The number of hydrogen-bond acceptors (Lipinski definition) is 4. The molecule has 1 heterocycles. The van der Waals surface area contributed by atoms with E-state index >= 15 is 0 Å². The van der Waals surface area contributed by atoms with Gasteiger partial charge in [0.25, 0.3) is 0 Å². The van der Waals surface area contributed by atoms with E-state index in [0.717, 1.165) is 32.6 Å². The Labute approximate surface area is 79.2 Å². The molecule has 0 spiro atoms. The van der Waals surface area contributed by atoms with Crippen LogP contribution in [0.5, 0.6) is 0 Å². The minimum atomic E-state index is -0.107. The van der Waals surface area contributed by atoms with Crippen molar-refractivity contribution < 1.29 is 9.53 Å². The molecular formula is C9H18N2O2. The summed E-state index contributed by atoms with van der Waals surface area (Å²) in [5, 5.41) is 3.26. The number of nitrogens with zero attached hydrogens (tertiary/aromatic N) is 1. The minimum absolute atomic E-state index is 0.0490. The largest absolute Gasteiger partial charge is 0.468 e. The van der Waals surface area contributed by atoms with Gasteiger partial charge in [0, 0.05) is 26.2 Å². The average molecular weight is 186 g/mol. The molecule has 0 saturated carbocycles. The quantitative estimate of drug-likeness (QED) is 0.622. The Hall–Kier alpha value is -0.610. The van der Waals surface area contributed by atoms with Crippen LogP contribution in [0.1, 0.15) is 13.3 Å². The van der Waals surface area contributed by atoms with Crippen molar-refractivity contribution >= 4 is 5.97 Å². The van der Waals surface area contributed by atoms with Crippen molar-refractivity contribution in [2.45, 2.75) is 19.4 Å². The van der Waals surface area contributed by atoms with Crippen LogP contribution in [-0.2, 0) is 9.53 Å². The van der Waals surface area contributed by atoms with E-state index in [4.69, 9.17) is 4.74 Å². The molecule has 1 atom stereocenters. The molecule has 76 valence electrons. The van der Waals surface area contributed by atoms with Crippen LogP contribution in [-0.4, -0.2) is 50.2 Å². The molecular weight excluding hydrogens is 168 g/mol. The Morgan fingerprint density at radius 1 is 1.54 bits per heavy atom. The number of ether oxygens (including phenoxy) is 1. The van der Waals surface area contributed by atoms with Crippen LogP contribution in [0.4, 0.5) is 0 Å². The summed E-state index contributed by atoms with van der Waals surface area (Å²) in [6.07, 6.45) is 0.826. The first kappa shape index (κ1) is 10.5. The zero-order valence-electron chi connectivity index (χ0n) is 8.38. The van der Waals surface area contributed by atoms with E-state index in [2.05, 4.69) is 10.2 Å². The predicted molar refractivity (Wildman–Crippen MR) is 50.5 cm³/mol. The van der Waals surface area contributed by atoms with Crippen LogP contribution in [0.3, 0.4) is 0 Å². The van der Waals surface area contributed by atoms with Crippen LogP contribution in [0, 0.1) is 0 Å². The van der Waals surface area contributed by atoms with Gasteiger partial charge < -0.3 is 10.1 Å². The molecule has 1 N–H and O–H groups in total. The van der Waals surface area contributed by atoms with Gasteiger partial charge in [0.2, 0.25) is 0 Å². The summed E-state index contributed by atoms with van der Waals surface area (Å²) in [4.78, 5) is 13.5. The second kappa shape index (κ2) is 5.19. The van der Waals surface area contributed by atoms with Crippen LogP contribution in [0.15, 0.2) is 0 Å². The van der Waals surface area contributed by atoms with Gasteiger partial charge in [-0.3, -0.25) is 9.69 Å². The van der Waals surface area contributed by atoms with E-state index in [1.807, 2.05) is 6.92 Å². The number of nitrogens with one attached hydrogen (secondary N) is 1. The van der Waals surface area contributed by atoms with Gasteiger partial charge in [0.05, 0.1) is 7.11 Å². The van der Waals surface area contributed by atoms with E-state index in [0.29, 0.717) is 0 Å². The lowest BCUT2D eigenvalue weighted by Crippen LogP contribution is -2.51. The van der Waals surface area contributed by atoms with Gasteiger partial charge in [-0.15, -0.1) is 0 Å². The summed E-state index contributed by atoms with van der Waals surface area (Å²) in [7, 11) is 1.45. The second-order valence-electron chi connectivity index (χ2n) is 3.23. The Morgan fingerprint density at radius 2 is 2.15 bits per heavy atom. The molecule has 0 unspecified atom stereocenters. The first-order valence-electron chi connectivity index (χ1n) is 4.82. The molecule has 1 fully saturated rings. The maximum atomic E-state index is 11.4. The third-order valence-corrected chi connectivity index (χ3v) is 2.45. The fourth-order valence-corrected chi connectivity index (χ4v) is 1.70. The van der Waals surface area contributed by atoms with Gasteiger partial charge in [-0.1, -0.05) is 6.92 Å². The van der Waals surface area contributed by atoms with Crippen molar-refractivity contribution in [3.05, 3.63) is 0 Å². The molecule has 0 aromatic heterocycles. The van der Waals surface area contributed by atoms with Crippen LogP contribution in [0.2, 0.25) is 0 Å². The van der Waals surface area contributed by atoms with Crippen molar-refractivity contribution in [3.8, 4) is 0 Å². The minimum Gasteiger partial charge on any atom is -0.468 e. The zero-order valence-corrected chi connectivity index (χ0v) is 8.38. The molecule has 1 saturated heterocycles. The lowest BCUT2D eigenvalue weighted by Gasteiger charge is -2.32. The molecule has 1 rings (SSSR count). The van der Waals surface area contributed by atoms with E-state index in [1.165, 1.54) is 7.11 Å². The van der Waals surface area contributed by atoms with Crippen molar-refractivity contribution in [3.63, 3.8) is 0 Å². The van der Waals surface area contributed by atoms with Gasteiger partial charge in [-0.2, -0.15) is 0 Å². The number of carbonyl (C=O) groups excluding carboxylic acids is 1. The highest BCUT2D eigenvalue weighted by Gasteiger charge is 2.25. The first-order chi connectivity index (χ1) is 6.29. The summed E-state index contributed by atoms with van der Waals surface area (Å²) in [6, 6.07) is -0.0490. The molecule has 0 aromatic carbocycles. The fourth-order valence-electron chi connectivity index (χ4n) is 1.70. The zero-order chi connectivity index (χ0) is 9.68. The Balaban J connectivity index is 2.48. The van der Waals surface area contributed by atoms with Crippen molar-refractivity contribution in [2.75, 3.05) is 33.3 Å². The monoisotopic (exact) mass is 186 g/mol. The molecule has 0 bridgehead atoms. The predicted octanol–water partition coefficient (Wildman–Crippen LogP) is -0.157. The van der Waals surface area contributed by atoms with Gasteiger partial charge in [0.15, 0.2) is 0 Å². The summed E-state index contributed by atoms with van der Waals surface area (Å²) >= 11 is 0. The maximum Gasteiger partial charge on any atom is 0.323 e. The molecule has 0 aliphatic carbocycles. The smallest absolute Gasteiger partial charge is 0.323 e. The number of methoxy groups -OCH3 is 1. The van der Waals surface area contributed by atoms with Gasteiger partial charge in [0.1, 0.15) is 6.04 Å². The molecule has 13 heavy (non-hydrogen) atoms. The highest BCUT2D eigenvalue weighted by molar-refractivity contribution is 5.75. The van der Waals surface area contributed by atoms with Crippen LogP contribution < -0.4 is 5.32 Å². The third-order valence-electron chi connectivity index (χ3n) is 2.45. The first-order valence-corrected chi connectivity index (χ1v) is 4.82. The second-order valence-corrected chi connectivity index (χ2v) is 3.23. The highest BCUT2D eigenvalue weighted by atomic mass is 16.5. The van der Waals surface area contributed by atoms with Crippen LogP contribution in [0.25, 0.3) is 0 Å². The summed E-state index contributed by atoms with van der Waals surface area (Å²) in [5.74, 6) is -0.107. The number of carbonyl (C=O) groups is 1. The average Bonchev–Trinajstić information content (AvgIpc) is 2.20. The van der Waals surface area contributed by atoms with E-state index < -0.39 is 0 Å². The lowest BCUT2D eigenvalue weighted by molar-refractivity contribution is -0.147. The van der Waals surface area contributed by atoms with Gasteiger partial charge in [-0.05, 0) is 6.42 Å². The fraction of sp³-hybridized carbons (Fsp3) is 0.889. The summed E-state index contributed by atoms with van der Waals surface area (Å²) in [6.45, 7) is 5.83. The normalized spacial score (nSPS) is 21.1. The molecule has 4 nitrogen and oxygen atoms in total. The Bertz CT molecular complexity index is 167. The van der Waals surface area contributed by atoms with E-state index in [-0.39, 0.29) is 12.0 Å². The van der Waals surface area contributed by atoms with E-state index in [9.17, 15) is 4.79 Å². The van der Waals surface area contributed by atoms with Gasteiger partial charge in [-0.25, -0.2) is 0 Å². The third kappa shape index (κ3) is 2.67. The molecule has 0 aromatic rings.